The first-order valence-corrected chi connectivity index (χ1v) is 7.20. The molecule has 1 aromatic heterocycles. The van der Waals surface area contributed by atoms with Gasteiger partial charge in [0.15, 0.2) is 0 Å². The zero-order chi connectivity index (χ0) is 14.7. The minimum absolute atomic E-state index is 0.110. The first-order valence-electron chi connectivity index (χ1n) is 7.20. The predicted molar refractivity (Wildman–Crippen MR) is 75.6 cm³/mol. The van der Waals surface area contributed by atoms with Crippen molar-refractivity contribution in [1.29, 1.82) is 0 Å². The van der Waals surface area contributed by atoms with Gasteiger partial charge in [-0.05, 0) is 24.1 Å². The molecule has 1 aromatic carbocycles. The summed E-state index contributed by atoms with van der Waals surface area (Å²) < 4.78 is 24.4. The first kappa shape index (κ1) is 14.0. The Morgan fingerprint density at radius 1 is 1.29 bits per heavy atom. The summed E-state index contributed by atoms with van der Waals surface area (Å²) >= 11 is 0. The quantitative estimate of drug-likeness (QED) is 0.867. The maximum Gasteiger partial charge on any atom is 0.318 e. The third-order valence-electron chi connectivity index (χ3n) is 3.50. The highest BCUT2D eigenvalue weighted by atomic mass is 19.1. The molecule has 0 saturated carbocycles. The molecule has 0 amide bonds. The van der Waals surface area contributed by atoms with E-state index in [1.54, 1.807) is 12.1 Å². The van der Waals surface area contributed by atoms with Gasteiger partial charge in [-0.3, -0.25) is 0 Å². The average Bonchev–Trinajstić information content (AvgIpc) is 2.97. The molecular formula is C15H18FN3O2. The zero-order valence-electron chi connectivity index (χ0n) is 12.0. The molecule has 112 valence electrons. The van der Waals surface area contributed by atoms with Gasteiger partial charge >= 0.3 is 6.01 Å². The number of benzene rings is 1. The van der Waals surface area contributed by atoms with Gasteiger partial charge in [0.25, 0.3) is 0 Å². The molecule has 3 rings (SSSR count). The highest BCUT2D eigenvalue weighted by Crippen LogP contribution is 2.25. The summed E-state index contributed by atoms with van der Waals surface area (Å²) in [6.45, 7) is 3.99. The number of rotatable bonds is 4. The van der Waals surface area contributed by atoms with E-state index < -0.39 is 0 Å². The Morgan fingerprint density at radius 3 is 2.86 bits per heavy atom. The molecule has 5 nitrogen and oxygen atoms in total. The predicted octanol–water partition coefficient (Wildman–Crippen LogP) is 2.74. The van der Waals surface area contributed by atoms with Crippen LogP contribution in [-0.2, 0) is 11.2 Å². The summed E-state index contributed by atoms with van der Waals surface area (Å²) in [5.41, 5.74) is 0.953. The molecule has 0 spiro atoms. The number of anilines is 1. The second-order valence-corrected chi connectivity index (χ2v) is 5.09. The number of morpholine rings is 1. The highest BCUT2D eigenvalue weighted by molar-refractivity contribution is 5.28. The van der Waals surface area contributed by atoms with Gasteiger partial charge in [0, 0.05) is 13.0 Å². The van der Waals surface area contributed by atoms with Crippen molar-refractivity contribution >= 4 is 6.01 Å². The maximum atomic E-state index is 13.0. The molecule has 0 radical (unpaired) electrons. The van der Waals surface area contributed by atoms with Crippen LogP contribution in [0.25, 0.3) is 0 Å². The van der Waals surface area contributed by atoms with E-state index >= 15 is 0 Å². The Morgan fingerprint density at radius 2 is 2.10 bits per heavy atom. The van der Waals surface area contributed by atoms with Crippen molar-refractivity contribution in [1.82, 2.24) is 10.2 Å². The lowest BCUT2D eigenvalue weighted by atomic mass is 10.1. The Labute approximate surface area is 122 Å². The van der Waals surface area contributed by atoms with Crippen LogP contribution in [0, 0.1) is 5.82 Å². The summed E-state index contributed by atoms with van der Waals surface area (Å²) in [7, 11) is 0. The van der Waals surface area contributed by atoms with E-state index in [0.717, 1.165) is 18.4 Å². The van der Waals surface area contributed by atoms with Gasteiger partial charge in [0.05, 0.1) is 13.2 Å². The van der Waals surface area contributed by atoms with Crippen LogP contribution in [0.4, 0.5) is 10.4 Å². The molecule has 0 bridgehead atoms. The summed E-state index contributed by atoms with van der Waals surface area (Å²) in [5, 5.41) is 8.14. The van der Waals surface area contributed by atoms with E-state index in [2.05, 4.69) is 17.1 Å². The summed E-state index contributed by atoms with van der Waals surface area (Å²) in [4.78, 5) is 2.02. The zero-order valence-corrected chi connectivity index (χ0v) is 12.0. The molecule has 1 aliphatic rings. The van der Waals surface area contributed by atoms with Crippen molar-refractivity contribution in [3.05, 3.63) is 41.5 Å². The minimum atomic E-state index is -0.243. The van der Waals surface area contributed by atoms with Gasteiger partial charge in [0.1, 0.15) is 11.9 Å². The van der Waals surface area contributed by atoms with Gasteiger partial charge in [-0.1, -0.05) is 24.2 Å². The lowest BCUT2D eigenvalue weighted by Gasteiger charge is -2.31. The fourth-order valence-electron chi connectivity index (χ4n) is 2.39. The third kappa shape index (κ3) is 3.21. The maximum absolute atomic E-state index is 13.0. The number of halogens is 1. The van der Waals surface area contributed by atoms with E-state index in [1.807, 2.05) is 4.90 Å². The standard InChI is InChI=1S/C15H18FN3O2/c1-2-3-14-17-18-15(21-14)19-8-9-20-13(10-19)11-4-6-12(16)7-5-11/h4-7,13H,2-3,8-10H2,1H3/t13-/m1/s1. The van der Waals surface area contributed by atoms with Crippen LogP contribution < -0.4 is 4.90 Å². The molecule has 1 saturated heterocycles. The lowest BCUT2D eigenvalue weighted by Crippen LogP contribution is -2.38. The van der Waals surface area contributed by atoms with Crippen molar-refractivity contribution in [3.63, 3.8) is 0 Å². The number of hydrogen-bond donors (Lipinski definition) is 0. The molecule has 2 aromatic rings. The van der Waals surface area contributed by atoms with Gasteiger partial charge in [0.2, 0.25) is 5.89 Å². The smallest absolute Gasteiger partial charge is 0.318 e. The third-order valence-corrected chi connectivity index (χ3v) is 3.50. The monoisotopic (exact) mass is 291 g/mol. The molecule has 1 aliphatic heterocycles. The van der Waals surface area contributed by atoms with Crippen molar-refractivity contribution in [3.8, 4) is 0 Å². The van der Waals surface area contributed by atoms with Gasteiger partial charge in [-0.25, -0.2) is 4.39 Å². The van der Waals surface area contributed by atoms with E-state index in [1.165, 1.54) is 12.1 Å². The Hall–Kier alpha value is -1.95. The number of nitrogens with zero attached hydrogens (tertiary/aromatic N) is 3. The Balaban J connectivity index is 1.71. The fraction of sp³-hybridized carbons (Fsp3) is 0.467. The molecule has 21 heavy (non-hydrogen) atoms. The normalized spacial score (nSPS) is 19.0. The first-order chi connectivity index (χ1) is 10.3. The number of aromatic nitrogens is 2. The second-order valence-electron chi connectivity index (χ2n) is 5.09. The molecule has 6 heteroatoms. The van der Waals surface area contributed by atoms with E-state index in [-0.39, 0.29) is 11.9 Å². The van der Waals surface area contributed by atoms with E-state index in [0.29, 0.717) is 31.6 Å². The molecule has 1 atom stereocenters. The van der Waals surface area contributed by atoms with Crippen LogP contribution in [0.5, 0.6) is 0 Å². The molecule has 2 heterocycles. The van der Waals surface area contributed by atoms with Gasteiger partial charge in [-0.2, -0.15) is 0 Å². The van der Waals surface area contributed by atoms with Gasteiger partial charge in [-0.15, -0.1) is 5.10 Å². The van der Waals surface area contributed by atoms with Crippen LogP contribution in [-0.4, -0.2) is 29.9 Å². The Kier molecular flexibility index (Phi) is 4.15. The minimum Gasteiger partial charge on any atom is -0.408 e. The lowest BCUT2D eigenvalue weighted by molar-refractivity contribution is 0.0379. The fourth-order valence-corrected chi connectivity index (χ4v) is 2.39. The average molecular weight is 291 g/mol. The summed E-state index contributed by atoms with van der Waals surface area (Å²) in [6, 6.07) is 6.93. The summed E-state index contributed by atoms with van der Waals surface area (Å²) in [5.74, 6) is 0.421. The molecule has 0 N–H and O–H groups in total. The van der Waals surface area contributed by atoms with Crippen molar-refractivity contribution in [2.45, 2.75) is 25.9 Å². The molecule has 0 aliphatic carbocycles. The van der Waals surface area contributed by atoms with Crippen molar-refractivity contribution < 1.29 is 13.5 Å². The van der Waals surface area contributed by atoms with Crippen molar-refractivity contribution in [2.75, 3.05) is 24.6 Å². The number of ether oxygens (including phenoxy) is 1. The van der Waals surface area contributed by atoms with Crippen LogP contribution in [0.1, 0.15) is 30.9 Å². The largest absolute Gasteiger partial charge is 0.408 e. The number of hydrogen-bond acceptors (Lipinski definition) is 5. The molecular weight excluding hydrogens is 273 g/mol. The number of aryl methyl sites for hydroxylation is 1. The van der Waals surface area contributed by atoms with Crippen LogP contribution in [0.15, 0.2) is 28.7 Å². The van der Waals surface area contributed by atoms with Crippen LogP contribution in [0.2, 0.25) is 0 Å². The van der Waals surface area contributed by atoms with E-state index in [9.17, 15) is 4.39 Å². The van der Waals surface area contributed by atoms with E-state index in [4.69, 9.17) is 9.15 Å². The second kappa shape index (κ2) is 6.22. The topological polar surface area (TPSA) is 51.4 Å². The van der Waals surface area contributed by atoms with Crippen LogP contribution in [0.3, 0.4) is 0 Å². The van der Waals surface area contributed by atoms with Crippen LogP contribution >= 0.6 is 0 Å². The SMILES string of the molecule is CCCc1nnc(N2CCO[C@@H](c3ccc(F)cc3)C2)o1. The molecule has 0 unspecified atom stereocenters. The Bertz CT molecular complexity index is 585. The summed E-state index contributed by atoms with van der Waals surface area (Å²) in [6.07, 6.45) is 1.66. The van der Waals surface area contributed by atoms with Crippen molar-refractivity contribution in [2.24, 2.45) is 0 Å². The highest BCUT2D eigenvalue weighted by Gasteiger charge is 2.25. The molecule has 1 fully saturated rings. The van der Waals surface area contributed by atoms with Gasteiger partial charge < -0.3 is 14.1 Å².